The van der Waals surface area contributed by atoms with Crippen molar-refractivity contribution in [1.82, 2.24) is 9.13 Å². The number of rotatable bonds is 3. The molecule has 0 saturated heterocycles. The van der Waals surface area contributed by atoms with Crippen LogP contribution in [-0.4, -0.2) is 39.0 Å². The highest BCUT2D eigenvalue weighted by Gasteiger charge is 2.39. The maximum absolute atomic E-state index is 13.0. The number of aromatic nitrogens is 2. The van der Waals surface area contributed by atoms with Gasteiger partial charge in [-0.1, -0.05) is 6.08 Å². The number of carbonyl (C=O) groups excluding carboxylic acids is 2. The number of hydrogen-bond donors (Lipinski definition) is 0. The van der Waals surface area contributed by atoms with Crippen LogP contribution in [-0.2, 0) is 27.5 Å². The quantitative estimate of drug-likeness (QED) is 0.412. The van der Waals surface area contributed by atoms with Crippen LogP contribution in [0.5, 0.6) is 0 Å². The molecule has 1 aromatic heterocycles. The van der Waals surface area contributed by atoms with Crippen molar-refractivity contribution >= 4 is 35.1 Å². The van der Waals surface area contributed by atoms with Crippen LogP contribution in [0.25, 0.3) is 5.70 Å². The number of alkyl halides is 3. The van der Waals surface area contributed by atoms with Crippen LogP contribution in [0.4, 0.5) is 13.2 Å². The topological polar surface area (TPSA) is 99.7 Å². The van der Waals surface area contributed by atoms with Crippen LogP contribution in [0.1, 0.15) is 5.69 Å². The summed E-state index contributed by atoms with van der Waals surface area (Å²) in [4.78, 5) is 48.2. The van der Waals surface area contributed by atoms with Crippen molar-refractivity contribution in [2.45, 2.75) is 11.4 Å². The van der Waals surface area contributed by atoms with E-state index in [1.807, 2.05) is 0 Å². The van der Waals surface area contributed by atoms with Gasteiger partial charge in [0, 0.05) is 19.0 Å². The maximum Gasteiger partial charge on any atom is 0.431 e. The Kier molecular flexibility index (Phi) is 4.91. The normalized spacial score (nSPS) is 21.0. The molecule has 3 rings (SSSR count). The Bertz CT molecular complexity index is 1080. The van der Waals surface area contributed by atoms with Crippen molar-refractivity contribution in [1.29, 1.82) is 0 Å². The summed E-state index contributed by atoms with van der Waals surface area (Å²) in [7, 11) is 1.93. The molecule has 0 amide bonds. The Labute approximate surface area is 159 Å². The van der Waals surface area contributed by atoms with Gasteiger partial charge in [0.05, 0.1) is 18.1 Å². The van der Waals surface area contributed by atoms with Gasteiger partial charge in [-0.15, -0.1) is 0 Å². The van der Waals surface area contributed by atoms with E-state index >= 15 is 0 Å². The first-order valence-electron chi connectivity index (χ1n) is 7.73. The lowest BCUT2D eigenvalue weighted by molar-refractivity contribution is -0.148. The summed E-state index contributed by atoms with van der Waals surface area (Å²) in [5.41, 5.74) is -3.89. The van der Waals surface area contributed by atoms with Crippen molar-refractivity contribution in [3.8, 4) is 0 Å². The third-order valence-corrected chi connectivity index (χ3v) is 5.22. The standard InChI is InChI=1S/C16H12F3N3O5S/c1-21-10(16(17,18)19)6-11(23)22(15(21)26)7-3-4-9-8(5-7)12(20-28-9)13(24)14(25)27-2/h3-6,8-9H,1-2H3. The second-order valence-electron chi connectivity index (χ2n) is 5.89. The molecule has 0 radical (unpaired) electrons. The first kappa shape index (κ1) is 19.9. The summed E-state index contributed by atoms with van der Waals surface area (Å²) in [6, 6.07) is 0.320. The molecular formula is C16H12F3N3O5S. The van der Waals surface area contributed by atoms with Crippen molar-refractivity contribution in [3.05, 3.63) is 50.8 Å². The molecule has 2 aliphatic rings. The number of hydrogen-bond acceptors (Lipinski definition) is 7. The number of fused-ring (bicyclic) bond motifs is 1. The molecule has 0 bridgehead atoms. The van der Waals surface area contributed by atoms with Gasteiger partial charge in [0.15, 0.2) is 0 Å². The smallest absolute Gasteiger partial charge is 0.431 e. The van der Waals surface area contributed by atoms with Gasteiger partial charge >= 0.3 is 17.8 Å². The zero-order valence-electron chi connectivity index (χ0n) is 14.4. The zero-order valence-corrected chi connectivity index (χ0v) is 15.2. The lowest BCUT2D eigenvalue weighted by Crippen LogP contribution is -2.42. The number of allylic oxidation sites excluding steroid dienone is 3. The Morgan fingerprint density at radius 1 is 1.29 bits per heavy atom. The molecule has 0 aromatic carbocycles. The van der Waals surface area contributed by atoms with Gasteiger partial charge in [0.2, 0.25) is 0 Å². The molecule has 0 spiro atoms. The SMILES string of the molecule is COC(=O)C(=O)C1=NSC2C=CC(n3c(=O)cc(C(F)(F)F)n(C)c3=O)=CC12. The molecule has 8 nitrogen and oxygen atoms in total. The van der Waals surface area contributed by atoms with Crippen molar-refractivity contribution < 1.29 is 27.5 Å². The molecule has 148 valence electrons. The third-order valence-electron chi connectivity index (χ3n) is 4.22. The van der Waals surface area contributed by atoms with Gasteiger partial charge in [-0.05, 0) is 24.1 Å². The molecule has 0 saturated carbocycles. The average molecular weight is 415 g/mol. The van der Waals surface area contributed by atoms with Crippen LogP contribution in [0.2, 0.25) is 0 Å². The van der Waals surface area contributed by atoms with E-state index < -0.39 is 40.8 Å². The lowest BCUT2D eigenvalue weighted by atomic mass is 9.91. The molecule has 28 heavy (non-hydrogen) atoms. The highest BCUT2D eigenvalue weighted by molar-refractivity contribution is 7.99. The van der Waals surface area contributed by atoms with Crippen molar-refractivity contribution in [2.75, 3.05) is 7.11 Å². The maximum atomic E-state index is 13.0. The zero-order chi connectivity index (χ0) is 20.8. The summed E-state index contributed by atoms with van der Waals surface area (Å²) >= 11 is 1.01. The van der Waals surface area contributed by atoms with E-state index in [4.69, 9.17) is 0 Å². The number of halogens is 3. The fourth-order valence-corrected chi connectivity index (χ4v) is 3.76. The van der Waals surface area contributed by atoms with Crippen LogP contribution >= 0.6 is 11.9 Å². The minimum absolute atomic E-state index is 0.0200. The number of carbonyl (C=O) groups is 2. The number of ether oxygens (including phenoxy) is 1. The van der Waals surface area contributed by atoms with E-state index in [1.165, 1.54) is 12.2 Å². The summed E-state index contributed by atoms with van der Waals surface area (Å²) in [6.45, 7) is 0. The van der Waals surface area contributed by atoms with E-state index in [2.05, 4.69) is 9.13 Å². The number of nitrogens with zero attached hydrogens (tertiary/aromatic N) is 3. The van der Waals surface area contributed by atoms with Gasteiger partial charge in [0.25, 0.3) is 11.3 Å². The molecule has 2 atom stereocenters. The summed E-state index contributed by atoms with van der Waals surface area (Å²) < 4.78 is 48.1. The first-order valence-corrected chi connectivity index (χ1v) is 8.57. The number of esters is 1. The van der Waals surface area contributed by atoms with Crippen LogP contribution < -0.4 is 11.2 Å². The largest absolute Gasteiger partial charge is 0.463 e. The van der Waals surface area contributed by atoms with Crippen LogP contribution in [0.3, 0.4) is 0 Å². The minimum Gasteiger partial charge on any atom is -0.463 e. The van der Waals surface area contributed by atoms with E-state index in [0.29, 0.717) is 15.2 Å². The van der Waals surface area contributed by atoms with Crippen molar-refractivity contribution in [3.63, 3.8) is 0 Å². The monoisotopic (exact) mass is 415 g/mol. The van der Waals surface area contributed by atoms with Gasteiger partial charge in [-0.2, -0.15) is 13.2 Å². The van der Waals surface area contributed by atoms with Gasteiger partial charge < -0.3 is 4.74 Å². The second kappa shape index (κ2) is 6.93. The summed E-state index contributed by atoms with van der Waals surface area (Å²) in [5.74, 6) is -2.83. The van der Waals surface area contributed by atoms with Gasteiger partial charge in [-0.3, -0.25) is 14.2 Å². The predicted molar refractivity (Wildman–Crippen MR) is 93.7 cm³/mol. The number of methoxy groups -OCH3 is 1. The molecular weight excluding hydrogens is 403 g/mol. The Balaban J connectivity index is 2.08. The highest BCUT2D eigenvalue weighted by atomic mass is 32.2. The van der Waals surface area contributed by atoms with Crippen molar-refractivity contribution in [2.24, 2.45) is 17.4 Å². The van der Waals surface area contributed by atoms with E-state index in [0.717, 1.165) is 26.1 Å². The molecule has 0 N–H and O–H groups in total. The Morgan fingerprint density at radius 3 is 2.57 bits per heavy atom. The highest BCUT2D eigenvalue weighted by Crippen LogP contribution is 2.37. The summed E-state index contributed by atoms with van der Waals surface area (Å²) in [5, 5.41) is -0.360. The first-order chi connectivity index (χ1) is 13.1. The fourth-order valence-electron chi connectivity index (χ4n) is 2.84. The second-order valence-corrected chi connectivity index (χ2v) is 6.82. The van der Waals surface area contributed by atoms with E-state index in [9.17, 15) is 32.3 Å². The molecule has 1 aromatic rings. The van der Waals surface area contributed by atoms with E-state index in [1.54, 1.807) is 6.08 Å². The number of Topliss-reactive ketones (excluding diaryl/α,β-unsaturated/α-hetero) is 1. The fraction of sp³-hybridized carbons (Fsp3) is 0.312. The average Bonchev–Trinajstić information content (AvgIpc) is 3.05. The molecule has 1 aliphatic heterocycles. The minimum atomic E-state index is -4.87. The molecule has 2 heterocycles. The third kappa shape index (κ3) is 3.23. The Hall–Kier alpha value is -2.89. The lowest BCUT2D eigenvalue weighted by Gasteiger charge is -2.20. The predicted octanol–water partition coefficient (Wildman–Crippen LogP) is 0.806. The molecule has 12 heteroatoms. The van der Waals surface area contributed by atoms with Gasteiger partial charge in [-0.25, -0.2) is 18.6 Å². The molecule has 0 fully saturated rings. The van der Waals surface area contributed by atoms with Crippen LogP contribution in [0, 0.1) is 5.92 Å². The Morgan fingerprint density at radius 2 is 1.96 bits per heavy atom. The van der Waals surface area contributed by atoms with Gasteiger partial charge in [0.1, 0.15) is 11.4 Å². The molecule has 2 unspecified atom stereocenters. The number of ketones is 1. The molecule has 1 aliphatic carbocycles. The summed E-state index contributed by atoms with van der Waals surface area (Å²) in [6.07, 6.45) is -0.593. The van der Waals surface area contributed by atoms with Crippen LogP contribution in [0.15, 0.2) is 38.3 Å². The van der Waals surface area contributed by atoms with E-state index in [-0.39, 0.29) is 16.7 Å².